The van der Waals surface area contributed by atoms with Gasteiger partial charge in [0.1, 0.15) is 18.1 Å². The number of aryl methyl sites for hydroxylation is 2. The average molecular weight is 450 g/mol. The molecule has 0 saturated heterocycles. The molecule has 23 heavy (non-hydrogen) atoms. The molecule has 0 spiro atoms. The van der Waals surface area contributed by atoms with Gasteiger partial charge < -0.3 is 14.6 Å². The predicted octanol–water partition coefficient (Wildman–Crippen LogP) is 5.20. The van der Waals surface area contributed by atoms with Crippen LogP contribution in [0.1, 0.15) is 37.3 Å². The minimum atomic E-state index is -0.763. The van der Waals surface area contributed by atoms with Gasteiger partial charge in [-0.15, -0.1) is 0 Å². The van der Waals surface area contributed by atoms with Crippen molar-refractivity contribution in [2.24, 2.45) is 0 Å². The largest absolute Gasteiger partial charge is 0.493 e. The van der Waals surface area contributed by atoms with Crippen molar-refractivity contribution >= 4 is 37.8 Å². The SMILES string of the molecule is CCc1cc(OCC=C(Br)Br)cc(C)c1OCCCCC(=O)O. The monoisotopic (exact) mass is 448 g/mol. The third kappa shape index (κ3) is 7.88. The highest BCUT2D eigenvalue weighted by atomic mass is 79.9. The first kappa shape index (κ1) is 20.0. The van der Waals surface area contributed by atoms with Crippen LogP contribution in [-0.4, -0.2) is 24.3 Å². The Morgan fingerprint density at radius 1 is 1.26 bits per heavy atom. The van der Waals surface area contributed by atoms with Gasteiger partial charge in [-0.1, -0.05) is 6.92 Å². The molecule has 0 aliphatic heterocycles. The zero-order valence-corrected chi connectivity index (χ0v) is 16.6. The molecule has 0 aromatic heterocycles. The van der Waals surface area contributed by atoms with Crippen LogP contribution in [0, 0.1) is 6.92 Å². The van der Waals surface area contributed by atoms with Crippen molar-refractivity contribution < 1.29 is 19.4 Å². The lowest BCUT2D eigenvalue weighted by atomic mass is 10.1. The lowest BCUT2D eigenvalue weighted by Crippen LogP contribution is -2.04. The number of carboxylic acid groups (broad SMARTS) is 1. The Morgan fingerprint density at radius 2 is 2.00 bits per heavy atom. The zero-order chi connectivity index (χ0) is 17.2. The molecule has 0 aliphatic rings. The van der Waals surface area contributed by atoms with Crippen LogP contribution < -0.4 is 9.47 Å². The number of rotatable bonds is 10. The average Bonchev–Trinajstić information content (AvgIpc) is 2.47. The first-order valence-electron chi connectivity index (χ1n) is 7.56. The highest BCUT2D eigenvalue weighted by Crippen LogP contribution is 2.30. The van der Waals surface area contributed by atoms with E-state index in [4.69, 9.17) is 14.6 Å². The molecule has 0 radical (unpaired) electrons. The molecular formula is C17H22Br2O4. The smallest absolute Gasteiger partial charge is 0.303 e. The molecular weight excluding hydrogens is 428 g/mol. The molecule has 0 amide bonds. The van der Waals surface area contributed by atoms with Crippen LogP contribution in [0.3, 0.4) is 0 Å². The van der Waals surface area contributed by atoms with E-state index in [1.54, 1.807) is 0 Å². The maximum Gasteiger partial charge on any atom is 0.303 e. The van der Waals surface area contributed by atoms with Gasteiger partial charge >= 0.3 is 5.97 Å². The molecule has 0 fully saturated rings. The first-order chi connectivity index (χ1) is 10.9. The van der Waals surface area contributed by atoms with Crippen molar-refractivity contribution in [3.8, 4) is 11.5 Å². The van der Waals surface area contributed by atoms with Crippen LogP contribution in [-0.2, 0) is 11.2 Å². The van der Waals surface area contributed by atoms with Crippen LogP contribution >= 0.6 is 31.9 Å². The van der Waals surface area contributed by atoms with E-state index in [-0.39, 0.29) is 6.42 Å². The molecule has 128 valence electrons. The fourth-order valence-corrected chi connectivity index (χ4v) is 2.38. The molecule has 0 unspecified atom stereocenters. The Labute approximate surface area is 154 Å². The van der Waals surface area contributed by atoms with Gasteiger partial charge in [-0.25, -0.2) is 0 Å². The fourth-order valence-electron chi connectivity index (χ4n) is 2.12. The summed E-state index contributed by atoms with van der Waals surface area (Å²) in [5.74, 6) is 0.934. The number of aliphatic carboxylic acids is 1. The van der Waals surface area contributed by atoms with Crippen molar-refractivity contribution in [3.05, 3.63) is 32.7 Å². The third-order valence-electron chi connectivity index (χ3n) is 3.22. The lowest BCUT2D eigenvalue weighted by Gasteiger charge is -2.15. The molecule has 1 N–H and O–H groups in total. The van der Waals surface area contributed by atoms with Crippen molar-refractivity contribution in [3.63, 3.8) is 0 Å². The first-order valence-corrected chi connectivity index (χ1v) is 9.14. The third-order valence-corrected chi connectivity index (χ3v) is 3.87. The molecule has 4 nitrogen and oxygen atoms in total. The quantitative estimate of drug-likeness (QED) is 0.498. The van der Waals surface area contributed by atoms with Gasteiger partial charge in [0.2, 0.25) is 0 Å². The van der Waals surface area contributed by atoms with E-state index in [0.29, 0.717) is 19.6 Å². The number of carbonyl (C=O) groups is 1. The fraction of sp³-hybridized carbons (Fsp3) is 0.471. The minimum absolute atomic E-state index is 0.187. The Kier molecular flexibility index (Phi) is 9.33. The lowest BCUT2D eigenvalue weighted by molar-refractivity contribution is -0.137. The molecule has 1 rings (SSSR count). The summed E-state index contributed by atoms with van der Waals surface area (Å²) < 4.78 is 12.4. The predicted molar refractivity (Wildman–Crippen MR) is 99.0 cm³/mol. The van der Waals surface area contributed by atoms with Crippen molar-refractivity contribution in [1.29, 1.82) is 0 Å². The van der Waals surface area contributed by atoms with Crippen LogP contribution in [0.4, 0.5) is 0 Å². The number of unbranched alkanes of at least 4 members (excludes halogenated alkanes) is 1. The molecule has 0 saturated carbocycles. The molecule has 0 bridgehead atoms. The second-order valence-electron chi connectivity index (χ2n) is 5.09. The van der Waals surface area contributed by atoms with E-state index in [2.05, 4.69) is 38.8 Å². The second-order valence-corrected chi connectivity index (χ2v) is 7.86. The van der Waals surface area contributed by atoms with Crippen LogP contribution in [0.15, 0.2) is 21.6 Å². The van der Waals surface area contributed by atoms with Gasteiger partial charge in [0, 0.05) is 6.42 Å². The zero-order valence-electron chi connectivity index (χ0n) is 13.4. The highest BCUT2D eigenvalue weighted by Gasteiger charge is 2.09. The minimum Gasteiger partial charge on any atom is -0.493 e. The van der Waals surface area contributed by atoms with E-state index in [0.717, 1.165) is 38.9 Å². The summed E-state index contributed by atoms with van der Waals surface area (Å²) in [6.07, 6.45) is 4.28. The van der Waals surface area contributed by atoms with Gasteiger partial charge in [-0.2, -0.15) is 0 Å². The maximum absolute atomic E-state index is 10.5. The van der Waals surface area contributed by atoms with Gasteiger partial charge in [-0.05, 0) is 87.4 Å². The van der Waals surface area contributed by atoms with Crippen molar-refractivity contribution in [2.45, 2.75) is 39.5 Å². The van der Waals surface area contributed by atoms with E-state index in [1.807, 2.05) is 25.1 Å². The topological polar surface area (TPSA) is 55.8 Å². The van der Waals surface area contributed by atoms with Gasteiger partial charge in [0.25, 0.3) is 0 Å². The van der Waals surface area contributed by atoms with Gasteiger partial charge in [0.05, 0.1) is 10.00 Å². The van der Waals surface area contributed by atoms with E-state index in [1.165, 1.54) is 0 Å². The molecule has 0 atom stereocenters. The van der Waals surface area contributed by atoms with E-state index < -0.39 is 5.97 Å². The molecule has 6 heteroatoms. The molecule has 1 aromatic carbocycles. The summed E-state index contributed by atoms with van der Waals surface area (Å²) in [5.41, 5.74) is 2.12. The summed E-state index contributed by atoms with van der Waals surface area (Å²) in [4.78, 5) is 10.5. The van der Waals surface area contributed by atoms with Crippen LogP contribution in [0.2, 0.25) is 0 Å². The standard InChI is InChI=1S/C17H22Br2O4/c1-3-13-11-14(22-9-7-15(18)19)10-12(2)17(13)23-8-5-4-6-16(20)21/h7,10-11H,3-6,8-9H2,1-2H3,(H,20,21). The second kappa shape index (κ2) is 10.7. The number of benzene rings is 1. The van der Waals surface area contributed by atoms with E-state index in [9.17, 15) is 4.79 Å². The van der Waals surface area contributed by atoms with Gasteiger partial charge in [-0.3, -0.25) is 4.79 Å². The number of carboxylic acids is 1. The van der Waals surface area contributed by atoms with Crippen LogP contribution in [0.25, 0.3) is 0 Å². The number of halogens is 2. The van der Waals surface area contributed by atoms with Crippen molar-refractivity contribution in [1.82, 2.24) is 0 Å². The van der Waals surface area contributed by atoms with Crippen LogP contribution in [0.5, 0.6) is 11.5 Å². The van der Waals surface area contributed by atoms with Gasteiger partial charge in [0.15, 0.2) is 0 Å². The number of hydrogen-bond donors (Lipinski definition) is 1. The Morgan fingerprint density at radius 3 is 2.61 bits per heavy atom. The Bertz CT molecular complexity index is 552. The summed E-state index contributed by atoms with van der Waals surface area (Å²) in [6.45, 7) is 5.07. The maximum atomic E-state index is 10.5. The van der Waals surface area contributed by atoms with E-state index >= 15 is 0 Å². The summed E-state index contributed by atoms with van der Waals surface area (Å²) >= 11 is 6.59. The van der Waals surface area contributed by atoms with Crippen molar-refractivity contribution in [2.75, 3.05) is 13.2 Å². The summed E-state index contributed by atoms with van der Waals surface area (Å²) in [5, 5.41) is 8.63. The molecule has 0 heterocycles. The number of ether oxygens (including phenoxy) is 2. The Hall–Kier alpha value is -1.01. The normalized spacial score (nSPS) is 10.3. The highest BCUT2D eigenvalue weighted by molar-refractivity contribution is 9.28. The summed E-state index contributed by atoms with van der Waals surface area (Å²) in [6, 6.07) is 3.96. The molecule has 0 aliphatic carbocycles. The summed E-state index contributed by atoms with van der Waals surface area (Å²) in [7, 11) is 0. The number of hydrogen-bond acceptors (Lipinski definition) is 3. The molecule has 1 aromatic rings. The Balaban J connectivity index is 2.65.